The van der Waals surface area contributed by atoms with Crippen molar-refractivity contribution in [2.75, 3.05) is 26.8 Å². The van der Waals surface area contributed by atoms with Crippen molar-refractivity contribution < 1.29 is 4.74 Å². The van der Waals surface area contributed by atoms with Crippen LogP contribution in [0.4, 0.5) is 0 Å². The van der Waals surface area contributed by atoms with Crippen molar-refractivity contribution >= 4 is 5.96 Å². The second kappa shape index (κ2) is 11.0. The van der Waals surface area contributed by atoms with E-state index in [9.17, 15) is 0 Å². The summed E-state index contributed by atoms with van der Waals surface area (Å²) in [5, 5.41) is 15.1. The molecule has 0 bridgehead atoms. The molecule has 0 radical (unpaired) electrons. The topological polar surface area (TPSA) is 76.4 Å². The van der Waals surface area contributed by atoms with Gasteiger partial charge in [-0.15, -0.1) is 10.2 Å². The normalized spacial score (nSPS) is 15.1. The first-order valence-corrected chi connectivity index (χ1v) is 10.7. The number of benzene rings is 1. The molecule has 1 unspecified atom stereocenters. The van der Waals surface area contributed by atoms with Gasteiger partial charge in [0.05, 0.1) is 19.2 Å². The lowest BCUT2D eigenvalue weighted by Crippen LogP contribution is -2.40. The van der Waals surface area contributed by atoms with Crippen LogP contribution in [0.2, 0.25) is 0 Å². The van der Waals surface area contributed by atoms with Crippen molar-refractivity contribution in [2.45, 2.75) is 58.5 Å². The van der Waals surface area contributed by atoms with E-state index in [1.807, 2.05) is 0 Å². The minimum absolute atomic E-state index is 0.178. The van der Waals surface area contributed by atoms with Crippen LogP contribution in [0.3, 0.4) is 0 Å². The van der Waals surface area contributed by atoms with Crippen molar-refractivity contribution in [3.63, 3.8) is 0 Å². The molecule has 3 rings (SSSR count). The van der Waals surface area contributed by atoms with E-state index >= 15 is 0 Å². The van der Waals surface area contributed by atoms with E-state index < -0.39 is 0 Å². The summed E-state index contributed by atoms with van der Waals surface area (Å²) in [7, 11) is 1.70. The second-order valence-corrected chi connectivity index (χ2v) is 7.55. The number of nitrogens with zero attached hydrogens (tertiary/aromatic N) is 4. The number of aliphatic imine (C=N–C) groups is 1. The van der Waals surface area contributed by atoms with Gasteiger partial charge < -0.3 is 19.9 Å². The number of nitrogens with one attached hydrogen (secondary N) is 2. The Hall–Kier alpha value is -2.41. The summed E-state index contributed by atoms with van der Waals surface area (Å²) >= 11 is 0. The molecular formula is C22H34N6O. The van der Waals surface area contributed by atoms with Crippen molar-refractivity contribution in [3.05, 3.63) is 47.0 Å². The molecule has 158 valence electrons. The summed E-state index contributed by atoms with van der Waals surface area (Å²) in [4.78, 5) is 4.66. The fourth-order valence-electron chi connectivity index (χ4n) is 3.75. The molecule has 0 saturated carbocycles. The Kier molecular flexibility index (Phi) is 8.04. The molecule has 1 aliphatic carbocycles. The maximum absolute atomic E-state index is 5.15. The highest BCUT2D eigenvalue weighted by Gasteiger charge is 2.13. The Balaban J connectivity index is 1.61. The highest BCUT2D eigenvalue weighted by molar-refractivity contribution is 5.80. The van der Waals surface area contributed by atoms with Crippen molar-refractivity contribution in [1.29, 1.82) is 0 Å². The van der Waals surface area contributed by atoms with Crippen LogP contribution in [0.25, 0.3) is 0 Å². The number of guanidine groups is 1. The van der Waals surface area contributed by atoms with Crippen LogP contribution in [-0.2, 0) is 30.5 Å². The largest absolute Gasteiger partial charge is 0.383 e. The SMILES string of the molecule is CCc1nncn1CCNC(=NCCOC)NC(C)c1ccc2c(c1)CCCC2. The first-order valence-electron chi connectivity index (χ1n) is 10.7. The van der Waals surface area contributed by atoms with E-state index in [1.54, 1.807) is 13.4 Å². The van der Waals surface area contributed by atoms with Gasteiger partial charge in [0.1, 0.15) is 12.2 Å². The molecule has 29 heavy (non-hydrogen) atoms. The van der Waals surface area contributed by atoms with E-state index in [0.29, 0.717) is 13.2 Å². The number of hydrogen-bond acceptors (Lipinski definition) is 4. The molecule has 7 nitrogen and oxygen atoms in total. The molecule has 1 aromatic heterocycles. The Morgan fingerprint density at radius 2 is 2.10 bits per heavy atom. The van der Waals surface area contributed by atoms with Gasteiger partial charge in [0.25, 0.3) is 0 Å². The zero-order valence-electron chi connectivity index (χ0n) is 17.9. The Morgan fingerprint density at radius 3 is 2.90 bits per heavy atom. The second-order valence-electron chi connectivity index (χ2n) is 7.55. The minimum atomic E-state index is 0.178. The summed E-state index contributed by atoms with van der Waals surface area (Å²) < 4.78 is 7.23. The third kappa shape index (κ3) is 6.03. The molecule has 1 aliphatic rings. The maximum Gasteiger partial charge on any atom is 0.191 e. The zero-order valence-corrected chi connectivity index (χ0v) is 17.9. The molecule has 0 spiro atoms. The highest BCUT2D eigenvalue weighted by Crippen LogP contribution is 2.24. The van der Waals surface area contributed by atoms with E-state index in [2.05, 4.69) is 62.4 Å². The lowest BCUT2D eigenvalue weighted by molar-refractivity contribution is 0.208. The van der Waals surface area contributed by atoms with E-state index in [-0.39, 0.29) is 6.04 Å². The third-order valence-electron chi connectivity index (χ3n) is 5.45. The number of ether oxygens (including phenoxy) is 1. The van der Waals surface area contributed by atoms with Crippen molar-refractivity contribution in [3.8, 4) is 0 Å². The first-order chi connectivity index (χ1) is 14.2. The van der Waals surface area contributed by atoms with E-state index in [4.69, 9.17) is 4.74 Å². The van der Waals surface area contributed by atoms with Crippen LogP contribution in [0.1, 0.15) is 55.2 Å². The predicted molar refractivity (Wildman–Crippen MR) is 116 cm³/mol. The first kappa shape index (κ1) is 21.3. The summed E-state index contributed by atoms with van der Waals surface area (Å²) in [6.45, 7) is 7.05. The highest BCUT2D eigenvalue weighted by atomic mass is 16.5. The van der Waals surface area contributed by atoms with E-state index in [1.165, 1.54) is 42.4 Å². The average Bonchev–Trinajstić information content (AvgIpc) is 3.21. The van der Waals surface area contributed by atoms with Crippen LogP contribution >= 0.6 is 0 Å². The van der Waals surface area contributed by atoms with Gasteiger partial charge in [0.2, 0.25) is 0 Å². The van der Waals surface area contributed by atoms with Crippen LogP contribution < -0.4 is 10.6 Å². The number of aryl methyl sites for hydroxylation is 3. The lowest BCUT2D eigenvalue weighted by Gasteiger charge is -2.22. The number of fused-ring (bicyclic) bond motifs is 1. The molecule has 7 heteroatoms. The van der Waals surface area contributed by atoms with Crippen LogP contribution in [-0.4, -0.2) is 47.5 Å². The molecule has 1 heterocycles. The van der Waals surface area contributed by atoms with Gasteiger partial charge >= 0.3 is 0 Å². The number of hydrogen-bond donors (Lipinski definition) is 2. The van der Waals surface area contributed by atoms with Gasteiger partial charge in [-0.2, -0.15) is 0 Å². The van der Waals surface area contributed by atoms with Crippen LogP contribution in [0.5, 0.6) is 0 Å². The fourth-order valence-corrected chi connectivity index (χ4v) is 3.75. The number of aromatic nitrogens is 3. The molecular weight excluding hydrogens is 364 g/mol. The Labute approximate surface area is 174 Å². The minimum Gasteiger partial charge on any atom is -0.383 e. The third-order valence-corrected chi connectivity index (χ3v) is 5.45. The van der Waals surface area contributed by atoms with Gasteiger partial charge in [-0.05, 0) is 49.3 Å². The molecule has 1 aromatic carbocycles. The fraction of sp³-hybridized carbons (Fsp3) is 0.591. The predicted octanol–water partition coefficient (Wildman–Crippen LogP) is 2.66. The average molecular weight is 399 g/mol. The quantitative estimate of drug-likeness (QED) is 0.386. The van der Waals surface area contributed by atoms with Gasteiger partial charge in [0, 0.05) is 26.6 Å². The molecule has 2 aromatic rings. The summed E-state index contributed by atoms with van der Waals surface area (Å²) in [5.41, 5.74) is 4.33. The Morgan fingerprint density at radius 1 is 1.28 bits per heavy atom. The summed E-state index contributed by atoms with van der Waals surface area (Å²) in [5.74, 6) is 1.80. The Bertz CT molecular complexity index is 800. The molecule has 0 aliphatic heterocycles. The summed E-state index contributed by atoms with van der Waals surface area (Å²) in [6.07, 6.45) is 7.68. The monoisotopic (exact) mass is 398 g/mol. The molecule has 0 saturated heterocycles. The molecule has 0 fully saturated rings. The summed E-state index contributed by atoms with van der Waals surface area (Å²) in [6, 6.07) is 7.09. The van der Waals surface area contributed by atoms with Gasteiger partial charge in [-0.3, -0.25) is 4.99 Å². The maximum atomic E-state index is 5.15. The lowest BCUT2D eigenvalue weighted by atomic mass is 9.89. The van der Waals surface area contributed by atoms with Crippen LogP contribution in [0.15, 0.2) is 29.5 Å². The van der Waals surface area contributed by atoms with Crippen molar-refractivity contribution in [1.82, 2.24) is 25.4 Å². The smallest absolute Gasteiger partial charge is 0.191 e. The number of rotatable bonds is 9. The van der Waals surface area contributed by atoms with Gasteiger partial charge in [-0.25, -0.2) is 0 Å². The molecule has 2 N–H and O–H groups in total. The van der Waals surface area contributed by atoms with Crippen LogP contribution in [0, 0.1) is 0 Å². The molecule has 0 amide bonds. The van der Waals surface area contributed by atoms with Gasteiger partial charge in [0.15, 0.2) is 5.96 Å². The standard InChI is InChI=1S/C22H34N6O/c1-4-21-27-25-16-28(21)13-11-23-22(24-12-14-29-3)26-17(2)19-10-9-18-7-5-6-8-20(18)15-19/h9-10,15-17H,4-8,11-14H2,1-3H3,(H2,23,24,26). The van der Waals surface area contributed by atoms with E-state index in [0.717, 1.165) is 31.3 Å². The zero-order chi connectivity index (χ0) is 20.5. The number of methoxy groups -OCH3 is 1. The molecule has 1 atom stereocenters. The van der Waals surface area contributed by atoms with Crippen molar-refractivity contribution in [2.24, 2.45) is 4.99 Å². The van der Waals surface area contributed by atoms with Gasteiger partial charge in [-0.1, -0.05) is 25.1 Å².